The van der Waals surface area contributed by atoms with Gasteiger partial charge in [-0.15, -0.1) is 22.7 Å². The van der Waals surface area contributed by atoms with Gasteiger partial charge in [-0.2, -0.15) is 0 Å². The standard InChI is InChI=1S/C24H25N3O2S2/c28-22(25-11-13-26(14-12-25)24(29)21-7-4-15-30-21)17-27-10-8-20-19(9-16-31-20)23(27)18-5-2-1-3-6-18/h1-7,9,15-16,23H,8,10-14,17H2. The van der Waals surface area contributed by atoms with Crippen LogP contribution in [-0.2, 0) is 11.2 Å². The molecule has 0 bridgehead atoms. The molecule has 31 heavy (non-hydrogen) atoms. The summed E-state index contributed by atoms with van der Waals surface area (Å²) in [4.78, 5) is 34.1. The van der Waals surface area contributed by atoms with E-state index >= 15 is 0 Å². The first kappa shape index (κ1) is 20.4. The van der Waals surface area contributed by atoms with Crippen LogP contribution in [0.3, 0.4) is 0 Å². The maximum atomic E-state index is 13.2. The van der Waals surface area contributed by atoms with Gasteiger partial charge in [-0.1, -0.05) is 36.4 Å². The maximum Gasteiger partial charge on any atom is 0.264 e. The molecule has 2 aromatic heterocycles. The Morgan fingerprint density at radius 3 is 2.35 bits per heavy atom. The molecule has 160 valence electrons. The van der Waals surface area contributed by atoms with Crippen LogP contribution in [0.2, 0.25) is 0 Å². The number of amides is 2. The fraction of sp³-hybridized carbons (Fsp3) is 0.333. The smallest absolute Gasteiger partial charge is 0.264 e. The quantitative estimate of drug-likeness (QED) is 0.607. The van der Waals surface area contributed by atoms with Gasteiger partial charge in [-0.05, 0) is 40.4 Å². The Hall–Kier alpha value is -2.48. The van der Waals surface area contributed by atoms with E-state index in [1.54, 1.807) is 0 Å². The monoisotopic (exact) mass is 451 g/mol. The second-order valence-electron chi connectivity index (χ2n) is 7.98. The average Bonchev–Trinajstić information content (AvgIpc) is 3.51. The number of carbonyl (C=O) groups excluding carboxylic acids is 2. The molecule has 2 amide bonds. The molecular formula is C24H25N3O2S2. The zero-order valence-electron chi connectivity index (χ0n) is 17.3. The lowest BCUT2D eigenvalue weighted by Crippen LogP contribution is -2.53. The van der Waals surface area contributed by atoms with Gasteiger partial charge in [0.2, 0.25) is 5.91 Å². The van der Waals surface area contributed by atoms with E-state index in [1.165, 1.54) is 27.3 Å². The highest BCUT2D eigenvalue weighted by Crippen LogP contribution is 2.37. The molecule has 4 heterocycles. The van der Waals surface area contributed by atoms with Crippen LogP contribution in [0.4, 0.5) is 0 Å². The summed E-state index contributed by atoms with van der Waals surface area (Å²) in [6.45, 7) is 3.69. The molecular weight excluding hydrogens is 426 g/mol. The van der Waals surface area contributed by atoms with Crippen molar-refractivity contribution in [1.82, 2.24) is 14.7 Å². The van der Waals surface area contributed by atoms with Crippen LogP contribution in [0.25, 0.3) is 0 Å². The first-order chi connectivity index (χ1) is 15.2. The Bertz CT molecular complexity index is 1040. The predicted molar refractivity (Wildman–Crippen MR) is 125 cm³/mol. The summed E-state index contributed by atoms with van der Waals surface area (Å²) in [6, 6.07) is 16.6. The second-order valence-corrected chi connectivity index (χ2v) is 9.93. The van der Waals surface area contributed by atoms with Gasteiger partial charge in [0.25, 0.3) is 5.91 Å². The van der Waals surface area contributed by atoms with Gasteiger partial charge in [0.05, 0.1) is 17.5 Å². The van der Waals surface area contributed by atoms with Gasteiger partial charge < -0.3 is 9.80 Å². The number of fused-ring (bicyclic) bond motifs is 1. The van der Waals surface area contributed by atoms with Crippen molar-refractivity contribution < 1.29 is 9.59 Å². The summed E-state index contributed by atoms with van der Waals surface area (Å²) in [5.74, 6) is 0.232. The summed E-state index contributed by atoms with van der Waals surface area (Å²) in [7, 11) is 0. The minimum atomic E-state index is 0.0762. The predicted octanol–water partition coefficient (Wildman–Crippen LogP) is 3.74. The number of hydrogen-bond acceptors (Lipinski definition) is 5. The summed E-state index contributed by atoms with van der Waals surface area (Å²) in [5.41, 5.74) is 2.57. The van der Waals surface area contributed by atoms with E-state index in [-0.39, 0.29) is 17.9 Å². The van der Waals surface area contributed by atoms with E-state index in [9.17, 15) is 9.59 Å². The van der Waals surface area contributed by atoms with Crippen LogP contribution in [0.15, 0.2) is 59.3 Å². The van der Waals surface area contributed by atoms with E-state index in [1.807, 2.05) is 44.7 Å². The van der Waals surface area contributed by atoms with E-state index in [2.05, 4.69) is 40.6 Å². The fourth-order valence-corrected chi connectivity index (χ4v) is 6.15. The molecule has 0 saturated carbocycles. The van der Waals surface area contributed by atoms with Crippen LogP contribution >= 0.6 is 22.7 Å². The Morgan fingerprint density at radius 1 is 0.839 bits per heavy atom. The van der Waals surface area contributed by atoms with Gasteiger partial charge in [0.15, 0.2) is 0 Å². The number of nitrogens with zero attached hydrogens (tertiary/aromatic N) is 3. The van der Waals surface area contributed by atoms with Crippen molar-refractivity contribution in [2.45, 2.75) is 12.5 Å². The molecule has 1 atom stereocenters. The van der Waals surface area contributed by atoms with E-state index in [0.717, 1.165) is 17.8 Å². The fourth-order valence-electron chi connectivity index (χ4n) is 4.55. The molecule has 3 aromatic rings. The zero-order valence-corrected chi connectivity index (χ0v) is 18.9. The van der Waals surface area contributed by atoms with E-state index in [4.69, 9.17) is 0 Å². The number of benzene rings is 1. The Kier molecular flexibility index (Phi) is 5.89. The lowest BCUT2D eigenvalue weighted by atomic mass is 9.93. The van der Waals surface area contributed by atoms with Gasteiger partial charge in [0.1, 0.15) is 0 Å². The number of piperazine rings is 1. The Balaban J connectivity index is 1.25. The molecule has 0 aliphatic carbocycles. The SMILES string of the molecule is O=C(CN1CCc2sccc2C1c1ccccc1)N1CCN(C(=O)c2cccs2)CC1. The molecule has 5 nitrogen and oxygen atoms in total. The van der Waals surface area contributed by atoms with Gasteiger partial charge in [-0.3, -0.25) is 14.5 Å². The highest BCUT2D eigenvalue weighted by Gasteiger charge is 2.33. The molecule has 2 aliphatic heterocycles. The largest absolute Gasteiger partial charge is 0.338 e. The van der Waals surface area contributed by atoms with Crippen LogP contribution < -0.4 is 0 Å². The van der Waals surface area contributed by atoms with Crippen LogP contribution in [0, 0.1) is 0 Å². The summed E-state index contributed by atoms with van der Waals surface area (Å²) in [5, 5.41) is 4.09. The molecule has 0 radical (unpaired) electrons. The molecule has 2 aliphatic rings. The third-order valence-electron chi connectivity index (χ3n) is 6.17. The molecule has 0 spiro atoms. The number of rotatable bonds is 4. The third-order valence-corrected chi connectivity index (χ3v) is 8.03. The second kappa shape index (κ2) is 8.94. The highest BCUT2D eigenvalue weighted by molar-refractivity contribution is 7.12. The summed E-state index contributed by atoms with van der Waals surface area (Å²) < 4.78 is 0. The van der Waals surface area contributed by atoms with E-state index < -0.39 is 0 Å². The van der Waals surface area contributed by atoms with Crippen molar-refractivity contribution in [2.24, 2.45) is 0 Å². The van der Waals surface area contributed by atoms with E-state index in [0.29, 0.717) is 32.7 Å². The van der Waals surface area contributed by atoms with Crippen molar-refractivity contribution in [3.8, 4) is 0 Å². The van der Waals surface area contributed by atoms with Gasteiger partial charge in [0, 0.05) is 37.6 Å². The first-order valence-corrected chi connectivity index (χ1v) is 12.4. The summed E-state index contributed by atoms with van der Waals surface area (Å²) in [6.07, 6.45) is 0.993. The molecule has 7 heteroatoms. The van der Waals surface area contributed by atoms with Crippen molar-refractivity contribution in [1.29, 1.82) is 0 Å². The Labute approximate surface area is 190 Å². The third kappa shape index (κ3) is 4.18. The first-order valence-electron chi connectivity index (χ1n) is 10.7. The van der Waals surface area contributed by atoms with Crippen LogP contribution in [-0.4, -0.2) is 65.8 Å². The van der Waals surface area contributed by atoms with Gasteiger partial charge >= 0.3 is 0 Å². The number of carbonyl (C=O) groups is 2. The number of thiophene rings is 2. The van der Waals surface area contributed by atoms with Crippen molar-refractivity contribution in [2.75, 3.05) is 39.3 Å². The van der Waals surface area contributed by atoms with Crippen molar-refractivity contribution in [3.63, 3.8) is 0 Å². The molecule has 1 saturated heterocycles. The lowest BCUT2D eigenvalue weighted by Gasteiger charge is -2.39. The molecule has 1 unspecified atom stereocenters. The minimum Gasteiger partial charge on any atom is -0.338 e. The van der Waals surface area contributed by atoms with Crippen LogP contribution in [0.1, 0.15) is 31.7 Å². The molecule has 0 N–H and O–H groups in total. The van der Waals surface area contributed by atoms with Gasteiger partial charge in [-0.25, -0.2) is 0 Å². The average molecular weight is 452 g/mol. The van der Waals surface area contributed by atoms with Crippen molar-refractivity contribution >= 4 is 34.5 Å². The Morgan fingerprint density at radius 2 is 1.61 bits per heavy atom. The maximum absolute atomic E-state index is 13.2. The highest BCUT2D eigenvalue weighted by atomic mass is 32.1. The summed E-state index contributed by atoms with van der Waals surface area (Å²) >= 11 is 3.29. The topological polar surface area (TPSA) is 43.9 Å². The lowest BCUT2D eigenvalue weighted by molar-refractivity contribution is -0.134. The number of hydrogen-bond donors (Lipinski definition) is 0. The van der Waals surface area contributed by atoms with Crippen LogP contribution in [0.5, 0.6) is 0 Å². The molecule has 5 rings (SSSR count). The zero-order chi connectivity index (χ0) is 21.2. The molecule has 1 aromatic carbocycles. The normalized spacial score (nSPS) is 19.3. The minimum absolute atomic E-state index is 0.0762. The van der Waals surface area contributed by atoms with Crippen molar-refractivity contribution in [3.05, 3.63) is 80.2 Å². The molecule has 1 fully saturated rings.